The molecular formula is C12H21N3O2. The van der Waals surface area contributed by atoms with Gasteiger partial charge in [-0.1, -0.05) is 0 Å². The van der Waals surface area contributed by atoms with Crippen molar-refractivity contribution < 1.29 is 9.53 Å². The minimum atomic E-state index is -0.430. The van der Waals surface area contributed by atoms with Crippen LogP contribution >= 0.6 is 0 Å². The van der Waals surface area contributed by atoms with Crippen molar-refractivity contribution >= 4 is 5.97 Å². The second-order valence-corrected chi connectivity index (χ2v) is 4.89. The lowest BCUT2D eigenvalue weighted by Crippen LogP contribution is -2.57. The number of esters is 1. The Bertz CT molecular complexity index is 314. The number of piperazine rings is 1. The number of carbonyl (C=O) groups is 1. The zero-order valence-corrected chi connectivity index (χ0v) is 11.1. The van der Waals surface area contributed by atoms with E-state index in [0.717, 1.165) is 26.2 Å². The maximum Gasteiger partial charge on any atom is 0.322 e. The van der Waals surface area contributed by atoms with Crippen molar-refractivity contribution in [1.29, 1.82) is 5.26 Å². The van der Waals surface area contributed by atoms with Crippen molar-refractivity contribution in [2.45, 2.75) is 32.4 Å². The van der Waals surface area contributed by atoms with Gasteiger partial charge in [0.25, 0.3) is 0 Å². The average molecular weight is 239 g/mol. The van der Waals surface area contributed by atoms with Gasteiger partial charge in [0.15, 0.2) is 0 Å². The third kappa shape index (κ3) is 3.18. The molecule has 0 saturated carbocycles. The Morgan fingerprint density at radius 2 is 1.88 bits per heavy atom. The van der Waals surface area contributed by atoms with E-state index in [1.54, 1.807) is 0 Å². The molecule has 0 radical (unpaired) electrons. The van der Waals surface area contributed by atoms with Crippen molar-refractivity contribution in [3.8, 4) is 6.07 Å². The summed E-state index contributed by atoms with van der Waals surface area (Å²) >= 11 is 0. The first-order valence-electron chi connectivity index (χ1n) is 5.90. The largest absolute Gasteiger partial charge is 0.468 e. The summed E-state index contributed by atoms with van der Waals surface area (Å²) in [5.41, 5.74) is -0.430. The van der Waals surface area contributed by atoms with Gasteiger partial charge >= 0.3 is 5.97 Å². The van der Waals surface area contributed by atoms with Gasteiger partial charge in [-0.3, -0.25) is 14.6 Å². The molecule has 1 unspecified atom stereocenters. The van der Waals surface area contributed by atoms with Crippen molar-refractivity contribution in [2.24, 2.45) is 0 Å². The van der Waals surface area contributed by atoms with E-state index in [-0.39, 0.29) is 12.0 Å². The Morgan fingerprint density at radius 1 is 1.35 bits per heavy atom. The highest BCUT2D eigenvalue weighted by Gasteiger charge is 2.32. The van der Waals surface area contributed by atoms with Gasteiger partial charge in [-0.05, 0) is 20.8 Å². The summed E-state index contributed by atoms with van der Waals surface area (Å²) in [5, 5.41) is 9.07. The molecule has 1 saturated heterocycles. The molecular weight excluding hydrogens is 218 g/mol. The topological polar surface area (TPSA) is 56.6 Å². The van der Waals surface area contributed by atoms with Crippen LogP contribution in [0.15, 0.2) is 0 Å². The third-order valence-corrected chi connectivity index (χ3v) is 3.47. The van der Waals surface area contributed by atoms with Gasteiger partial charge in [0.2, 0.25) is 0 Å². The van der Waals surface area contributed by atoms with Gasteiger partial charge in [0, 0.05) is 26.2 Å². The van der Waals surface area contributed by atoms with E-state index in [4.69, 9.17) is 10.00 Å². The van der Waals surface area contributed by atoms with Crippen LogP contribution in [0.25, 0.3) is 0 Å². The van der Waals surface area contributed by atoms with Crippen molar-refractivity contribution in [2.75, 3.05) is 33.3 Å². The van der Waals surface area contributed by atoms with Crippen molar-refractivity contribution in [3.05, 3.63) is 0 Å². The standard InChI is InChI=1S/C12H21N3O2/c1-10(11(16)17-4)14-5-7-15(8-6-14)12(2,3)9-13/h10H,5-8H2,1-4H3. The summed E-state index contributed by atoms with van der Waals surface area (Å²) < 4.78 is 4.73. The van der Waals surface area contributed by atoms with E-state index in [1.165, 1.54) is 7.11 Å². The molecule has 96 valence electrons. The molecule has 0 spiro atoms. The van der Waals surface area contributed by atoms with Crippen LogP contribution < -0.4 is 0 Å². The smallest absolute Gasteiger partial charge is 0.322 e. The number of hydrogen-bond donors (Lipinski definition) is 0. The molecule has 0 aromatic carbocycles. The van der Waals surface area contributed by atoms with Crippen molar-refractivity contribution in [1.82, 2.24) is 9.80 Å². The number of ether oxygens (including phenoxy) is 1. The van der Waals surface area contributed by atoms with E-state index in [1.807, 2.05) is 20.8 Å². The molecule has 1 heterocycles. The highest BCUT2D eigenvalue weighted by molar-refractivity contribution is 5.75. The van der Waals surface area contributed by atoms with Crippen LogP contribution in [-0.2, 0) is 9.53 Å². The lowest BCUT2D eigenvalue weighted by Gasteiger charge is -2.41. The van der Waals surface area contributed by atoms with Gasteiger partial charge in [-0.25, -0.2) is 0 Å². The summed E-state index contributed by atoms with van der Waals surface area (Å²) in [6, 6.07) is 2.10. The molecule has 1 aliphatic heterocycles. The van der Waals surface area contributed by atoms with E-state index in [2.05, 4.69) is 15.9 Å². The molecule has 1 atom stereocenters. The van der Waals surface area contributed by atoms with Crippen molar-refractivity contribution in [3.63, 3.8) is 0 Å². The Morgan fingerprint density at radius 3 is 2.29 bits per heavy atom. The normalized spacial score (nSPS) is 20.6. The molecule has 0 aromatic heterocycles. The first kappa shape index (κ1) is 13.9. The van der Waals surface area contributed by atoms with E-state index >= 15 is 0 Å². The van der Waals surface area contributed by atoms with Gasteiger partial charge in [-0.2, -0.15) is 5.26 Å². The maximum atomic E-state index is 11.4. The molecule has 1 aliphatic rings. The summed E-state index contributed by atoms with van der Waals surface area (Å²) in [7, 11) is 1.41. The molecule has 1 fully saturated rings. The molecule has 0 aromatic rings. The molecule has 0 N–H and O–H groups in total. The Balaban J connectivity index is 2.52. The minimum absolute atomic E-state index is 0.196. The van der Waals surface area contributed by atoms with Crippen LogP contribution in [0.4, 0.5) is 0 Å². The number of nitrogens with zero attached hydrogens (tertiary/aromatic N) is 3. The highest BCUT2D eigenvalue weighted by atomic mass is 16.5. The summed E-state index contributed by atoms with van der Waals surface area (Å²) in [5.74, 6) is -0.196. The number of nitriles is 1. The molecule has 0 amide bonds. The fourth-order valence-electron chi connectivity index (χ4n) is 2.06. The van der Waals surface area contributed by atoms with E-state index < -0.39 is 5.54 Å². The highest BCUT2D eigenvalue weighted by Crippen LogP contribution is 2.17. The second-order valence-electron chi connectivity index (χ2n) is 4.89. The Kier molecular flexibility index (Phi) is 4.49. The average Bonchev–Trinajstić information content (AvgIpc) is 2.37. The minimum Gasteiger partial charge on any atom is -0.468 e. The first-order valence-corrected chi connectivity index (χ1v) is 5.90. The molecule has 5 nitrogen and oxygen atoms in total. The lowest BCUT2D eigenvalue weighted by atomic mass is 10.0. The predicted molar refractivity (Wildman–Crippen MR) is 64.3 cm³/mol. The number of carbonyl (C=O) groups excluding carboxylic acids is 1. The van der Waals surface area contributed by atoms with Crippen LogP contribution in [0.5, 0.6) is 0 Å². The Labute approximate surface area is 103 Å². The van der Waals surface area contributed by atoms with Crippen LogP contribution in [0, 0.1) is 11.3 Å². The quantitative estimate of drug-likeness (QED) is 0.670. The number of methoxy groups -OCH3 is 1. The zero-order chi connectivity index (χ0) is 13.1. The summed E-state index contributed by atoms with van der Waals surface area (Å²) in [6.07, 6.45) is 0. The summed E-state index contributed by atoms with van der Waals surface area (Å²) in [4.78, 5) is 15.7. The fraction of sp³-hybridized carbons (Fsp3) is 0.833. The van der Waals surface area contributed by atoms with Gasteiger partial charge in [-0.15, -0.1) is 0 Å². The van der Waals surface area contributed by atoms with Crippen LogP contribution in [0.3, 0.4) is 0 Å². The number of rotatable bonds is 3. The molecule has 0 bridgehead atoms. The molecule has 5 heteroatoms. The van der Waals surface area contributed by atoms with E-state index in [0.29, 0.717) is 0 Å². The fourth-order valence-corrected chi connectivity index (χ4v) is 2.06. The molecule has 0 aliphatic carbocycles. The third-order valence-electron chi connectivity index (χ3n) is 3.47. The Hall–Kier alpha value is -1.12. The van der Waals surface area contributed by atoms with Crippen LogP contribution in [0.2, 0.25) is 0 Å². The maximum absolute atomic E-state index is 11.4. The first-order chi connectivity index (χ1) is 7.92. The number of hydrogen-bond acceptors (Lipinski definition) is 5. The van der Waals surface area contributed by atoms with Crippen LogP contribution in [-0.4, -0.2) is 60.6 Å². The lowest BCUT2D eigenvalue weighted by molar-refractivity contribution is -0.147. The SMILES string of the molecule is COC(=O)C(C)N1CCN(C(C)(C)C#N)CC1. The monoisotopic (exact) mass is 239 g/mol. The molecule has 1 rings (SSSR count). The van der Waals surface area contributed by atoms with Crippen LogP contribution in [0.1, 0.15) is 20.8 Å². The zero-order valence-electron chi connectivity index (χ0n) is 11.1. The predicted octanol–water partition coefficient (Wildman–Crippen LogP) is 0.468. The summed E-state index contributed by atoms with van der Waals surface area (Å²) in [6.45, 7) is 8.91. The van der Waals surface area contributed by atoms with Gasteiger partial charge < -0.3 is 4.74 Å². The second kappa shape index (κ2) is 5.48. The molecule has 17 heavy (non-hydrogen) atoms. The van der Waals surface area contributed by atoms with Gasteiger partial charge in [0.05, 0.1) is 13.2 Å². The van der Waals surface area contributed by atoms with Gasteiger partial charge in [0.1, 0.15) is 11.6 Å². The van der Waals surface area contributed by atoms with E-state index in [9.17, 15) is 4.79 Å².